The van der Waals surface area contributed by atoms with Gasteiger partial charge in [-0.05, 0) is 47.9 Å². The van der Waals surface area contributed by atoms with Crippen LogP contribution in [-0.4, -0.2) is 40.8 Å². The van der Waals surface area contributed by atoms with Crippen LogP contribution in [0.4, 0.5) is 23.7 Å². The highest BCUT2D eigenvalue weighted by Crippen LogP contribution is 2.31. The summed E-state index contributed by atoms with van der Waals surface area (Å²) in [5.41, 5.74) is -0.00635. The van der Waals surface area contributed by atoms with Crippen LogP contribution in [0.3, 0.4) is 0 Å². The number of pyridine rings is 1. The molecule has 0 radical (unpaired) electrons. The maximum atomic E-state index is 13.2. The van der Waals surface area contributed by atoms with Gasteiger partial charge in [-0.3, -0.25) is 9.69 Å². The highest BCUT2D eigenvalue weighted by atomic mass is 19.4. The van der Waals surface area contributed by atoms with Crippen LogP contribution in [0.25, 0.3) is 0 Å². The first kappa shape index (κ1) is 25.2. The second kappa shape index (κ2) is 10.4. The Balaban J connectivity index is 1.44. The summed E-state index contributed by atoms with van der Waals surface area (Å²) >= 11 is 0. The van der Waals surface area contributed by atoms with Crippen LogP contribution in [0.15, 0.2) is 72.9 Å². The summed E-state index contributed by atoms with van der Waals surface area (Å²) in [5, 5.41) is 0. The average molecular weight is 498 g/mol. The topological polar surface area (TPSA) is 62.7 Å². The zero-order chi connectivity index (χ0) is 25.9. The molecular weight excluding hydrogens is 471 g/mol. The molecular formula is C27H26F3N3O3. The van der Waals surface area contributed by atoms with Gasteiger partial charge in [-0.1, -0.05) is 44.2 Å². The first-order valence-electron chi connectivity index (χ1n) is 11.6. The van der Waals surface area contributed by atoms with Crippen molar-refractivity contribution in [2.24, 2.45) is 5.92 Å². The lowest BCUT2D eigenvalue weighted by molar-refractivity contribution is -0.141. The number of urea groups is 1. The number of aromatic nitrogens is 1. The first-order chi connectivity index (χ1) is 17.1. The molecule has 1 aliphatic heterocycles. The molecule has 0 saturated carbocycles. The number of carbonyl (C=O) groups excluding carboxylic acids is 2. The smallest absolute Gasteiger partial charge is 0.433 e. The third-order valence-electron chi connectivity index (χ3n) is 5.99. The van der Waals surface area contributed by atoms with Crippen molar-refractivity contribution in [3.63, 3.8) is 0 Å². The molecule has 6 nitrogen and oxygen atoms in total. The minimum atomic E-state index is -4.56. The summed E-state index contributed by atoms with van der Waals surface area (Å²) in [4.78, 5) is 32.5. The van der Waals surface area contributed by atoms with E-state index in [4.69, 9.17) is 4.74 Å². The second-order valence-corrected chi connectivity index (χ2v) is 9.01. The highest BCUT2D eigenvalue weighted by molar-refractivity contribution is 5.97. The van der Waals surface area contributed by atoms with Crippen molar-refractivity contribution in [3.8, 4) is 11.5 Å². The zero-order valence-corrected chi connectivity index (χ0v) is 19.9. The Hall–Kier alpha value is -3.88. The molecule has 0 aliphatic carbocycles. The van der Waals surface area contributed by atoms with Crippen LogP contribution < -0.4 is 9.64 Å². The van der Waals surface area contributed by atoms with Crippen molar-refractivity contribution in [3.05, 3.63) is 84.2 Å². The monoisotopic (exact) mass is 497 g/mol. The Kier molecular flexibility index (Phi) is 7.28. The number of carbonyl (C=O) groups is 2. The predicted molar refractivity (Wildman–Crippen MR) is 129 cm³/mol. The minimum absolute atomic E-state index is 0.0387. The average Bonchev–Trinajstić information content (AvgIpc) is 3.15. The molecule has 0 spiro atoms. The lowest BCUT2D eigenvalue weighted by Crippen LogP contribution is -2.41. The van der Waals surface area contributed by atoms with Gasteiger partial charge < -0.3 is 9.64 Å². The number of hydrogen-bond donors (Lipinski definition) is 0. The Bertz CT molecular complexity index is 1210. The van der Waals surface area contributed by atoms with Gasteiger partial charge in [0.25, 0.3) is 0 Å². The fourth-order valence-corrected chi connectivity index (χ4v) is 4.16. The fourth-order valence-electron chi connectivity index (χ4n) is 4.16. The van der Waals surface area contributed by atoms with E-state index in [0.717, 1.165) is 17.8 Å². The predicted octanol–water partition coefficient (Wildman–Crippen LogP) is 5.97. The molecule has 4 rings (SSSR count). The largest absolute Gasteiger partial charge is 0.457 e. The zero-order valence-electron chi connectivity index (χ0n) is 19.9. The Morgan fingerprint density at radius 1 is 1.06 bits per heavy atom. The number of Topliss-reactive ketones (excluding diaryl/α,β-unsaturated/α-hetero) is 1. The van der Waals surface area contributed by atoms with Crippen LogP contribution >= 0.6 is 0 Å². The van der Waals surface area contributed by atoms with Crippen LogP contribution in [0.1, 0.15) is 25.1 Å². The number of hydrogen-bond acceptors (Lipinski definition) is 4. The van der Waals surface area contributed by atoms with Crippen molar-refractivity contribution in [1.29, 1.82) is 0 Å². The molecule has 1 atom stereocenters. The quantitative estimate of drug-likeness (QED) is 0.385. The summed E-state index contributed by atoms with van der Waals surface area (Å²) < 4.78 is 44.4. The molecule has 0 unspecified atom stereocenters. The summed E-state index contributed by atoms with van der Waals surface area (Å²) in [6, 6.07) is 17.9. The second-order valence-electron chi connectivity index (χ2n) is 9.01. The van der Waals surface area contributed by atoms with Gasteiger partial charge in [-0.25, -0.2) is 9.78 Å². The number of anilines is 1. The van der Waals surface area contributed by atoms with Crippen molar-refractivity contribution in [1.82, 2.24) is 9.88 Å². The first-order valence-corrected chi connectivity index (χ1v) is 11.6. The number of ketones is 1. The molecule has 188 valence electrons. The molecule has 0 N–H and O–H groups in total. The number of alkyl halides is 3. The molecule has 9 heteroatoms. The third-order valence-corrected chi connectivity index (χ3v) is 5.99. The Labute approximate surface area is 207 Å². The molecule has 1 aliphatic rings. The van der Waals surface area contributed by atoms with Gasteiger partial charge in [0.15, 0.2) is 5.78 Å². The van der Waals surface area contributed by atoms with Gasteiger partial charge in [0.1, 0.15) is 17.2 Å². The Morgan fingerprint density at radius 2 is 1.78 bits per heavy atom. The van der Waals surface area contributed by atoms with Crippen molar-refractivity contribution < 1.29 is 27.5 Å². The van der Waals surface area contributed by atoms with Gasteiger partial charge in [-0.15, -0.1) is 0 Å². The van der Waals surface area contributed by atoms with Crippen molar-refractivity contribution in [2.75, 3.05) is 18.0 Å². The van der Waals surface area contributed by atoms with Crippen LogP contribution in [0.5, 0.6) is 11.5 Å². The molecule has 36 heavy (non-hydrogen) atoms. The SMILES string of the molecule is CC(C)[C@H]1CN(c2ccc(C(F)(F)F)nc2)C(=O)N1CC(=O)Cc1cccc(Oc2ccccc2)c1. The third kappa shape index (κ3) is 5.84. The van der Waals surface area contributed by atoms with Crippen molar-refractivity contribution in [2.45, 2.75) is 32.5 Å². The number of benzene rings is 2. The molecule has 0 bridgehead atoms. The van der Waals surface area contributed by atoms with Gasteiger partial charge in [0.05, 0.1) is 24.5 Å². The normalized spacial score (nSPS) is 16.1. The number of para-hydroxylation sites is 1. The van der Waals surface area contributed by atoms with E-state index in [1.807, 2.05) is 50.2 Å². The molecule has 1 fully saturated rings. The van der Waals surface area contributed by atoms with Gasteiger partial charge in [0.2, 0.25) is 0 Å². The Morgan fingerprint density at radius 3 is 2.42 bits per heavy atom. The van der Waals surface area contributed by atoms with E-state index in [-0.39, 0.29) is 42.9 Å². The number of amides is 2. The van der Waals surface area contributed by atoms with E-state index >= 15 is 0 Å². The fraction of sp³-hybridized carbons (Fsp3) is 0.296. The summed E-state index contributed by atoms with van der Waals surface area (Å²) in [5.74, 6) is 1.17. The standard InChI is InChI=1S/C27H26F3N3O3/c1-18(2)24-17-32(20-11-12-25(31-15-20)27(28,29)30)26(35)33(24)16-21(34)13-19-7-6-10-23(14-19)36-22-8-4-3-5-9-22/h3-12,14-15,18,24H,13,16-17H2,1-2H3/t24-/m1/s1. The maximum Gasteiger partial charge on any atom is 0.433 e. The minimum Gasteiger partial charge on any atom is -0.457 e. The number of nitrogens with zero attached hydrogens (tertiary/aromatic N) is 3. The summed E-state index contributed by atoms with van der Waals surface area (Å²) in [7, 11) is 0. The number of rotatable bonds is 8. The van der Waals surface area contributed by atoms with E-state index in [1.165, 1.54) is 15.9 Å². The molecule has 2 aromatic carbocycles. The highest BCUT2D eigenvalue weighted by Gasteiger charge is 2.41. The van der Waals surface area contributed by atoms with Crippen molar-refractivity contribution >= 4 is 17.5 Å². The molecule has 2 heterocycles. The van der Waals surface area contributed by atoms with E-state index in [0.29, 0.717) is 11.5 Å². The van der Waals surface area contributed by atoms with E-state index in [2.05, 4.69) is 4.98 Å². The summed E-state index contributed by atoms with van der Waals surface area (Å²) in [6.07, 6.45) is -3.40. The van der Waals surface area contributed by atoms with E-state index < -0.39 is 17.9 Å². The molecule has 1 aromatic heterocycles. The van der Waals surface area contributed by atoms with Crippen LogP contribution in [-0.2, 0) is 17.4 Å². The van der Waals surface area contributed by atoms with Gasteiger partial charge in [-0.2, -0.15) is 13.2 Å². The molecule has 1 saturated heterocycles. The lowest BCUT2D eigenvalue weighted by atomic mass is 10.0. The van der Waals surface area contributed by atoms with Gasteiger partial charge >= 0.3 is 12.2 Å². The van der Waals surface area contributed by atoms with Gasteiger partial charge in [0, 0.05) is 13.0 Å². The summed E-state index contributed by atoms with van der Waals surface area (Å²) in [6.45, 7) is 4.04. The molecule has 2 amide bonds. The van der Waals surface area contributed by atoms with Crippen LogP contribution in [0.2, 0.25) is 0 Å². The maximum absolute atomic E-state index is 13.2. The van der Waals surface area contributed by atoms with Crippen LogP contribution in [0, 0.1) is 5.92 Å². The number of halogens is 3. The van der Waals surface area contributed by atoms with E-state index in [1.54, 1.807) is 18.2 Å². The molecule has 3 aromatic rings. The number of ether oxygens (including phenoxy) is 1. The van der Waals surface area contributed by atoms with E-state index in [9.17, 15) is 22.8 Å². The lowest BCUT2D eigenvalue weighted by Gasteiger charge is -2.25.